The molecule has 76 valence electrons. The van der Waals surface area contributed by atoms with Gasteiger partial charge in [-0.25, -0.2) is 0 Å². The van der Waals surface area contributed by atoms with Crippen LogP contribution in [0.15, 0.2) is 6.07 Å². The van der Waals surface area contributed by atoms with Gasteiger partial charge in [-0.3, -0.25) is 4.79 Å². The van der Waals surface area contributed by atoms with Crippen molar-refractivity contribution in [3.8, 4) is 17.2 Å². The van der Waals surface area contributed by atoms with Gasteiger partial charge in [0.25, 0.3) is 0 Å². The Morgan fingerprint density at radius 1 is 1.36 bits per heavy atom. The highest BCUT2D eigenvalue weighted by molar-refractivity contribution is 5.84. The Balaban J connectivity index is 3.47. The molecule has 1 aromatic carbocycles. The molecular weight excluding hydrogens is 184 g/mol. The molecule has 4 nitrogen and oxygen atoms in total. The van der Waals surface area contributed by atoms with Crippen LogP contribution >= 0.6 is 0 Å². The molecule has 0 amide bonds. The van der Waals surface area contributed by atoms with E-state index < -0.39 is 0 Å². The molecule has 14 heavy (non-hydrogen) atoms. The quantitative estimate of drug-likeness (QED) is 0.745. The average Bonchev–Trinajstić information content (AvgIpc) is 2.20. The summed E-state index contributed by atoms with van der Waals surface area (Å²) in [4.78, 5) is 10.7. The average molecular weight is 196 g/mol. The van der Waals surface area contributed by atoms with Gasteiger partial charge < -0.3 is 14.6 Å². The molecule has 0 bridgehead atoms. The van der Waals surface area contributed by atoms with Crippen LogP contribution in [0.3, 0.4) is 0 Å². The molecule has 0 atom stereocenters. The summed E-state index contributed by atoms with van der Waals surface area (Å²) in [5, 5.41) is 9.62. The van der Waals surface area contributed by atoms with Gasteiger partial charge in [-0.15, -0.1) is 0 Å². The minimum atomic E-state index is -0.150. The molecule has 4 heteroatoms. The Morgan fingerprint density at radius 3 is 2.43 bits per heavy atom. The first kappa shape index (κ1) is 10.4. The van der Waals surface area contributed by atoms with E-state index in [0.717, 1.165) is 0 Å². The molecule has 1 aromatic rings. The van der Waals surface area contributed by atoms with E-state index in [4.69, 9.17) is 9.47 Å². The summed E-state index contributed by atoms with van der Waals surface area (Å²) in [6.45, 7) is 1.74. The van der Waals surface area contributed by atoms with E-state index in [9.17, 15) is 9.90 Å². The lowest BCUT2D eigenvalue weighted by molar-refractivity contribution is 0.111. The van der Waals surface area contributed by atoms with Crippen molar-refractivity contribution < 1.29 is 19.4 Å². The van der Waals surface area contributed by atoms with Crippen molar-refractivity contribution in [2.75, 3.05) is 14.2 Å². The maximum absolute atomic E-state index is 10.7. The van der Waals surface area contributed by atoms with Gasteiger partial charge in [-0.1, -0.05) is 0 Å². The van der Waals surface area contributed by atoms with Crippen molar-refractivity contribution in [1.29, 1.82) is 0 Å². The summed E-state index contributed by atoms with van der Waals surface area (Å²) >= 11 is 0. The summed E-state index contributed by atoms with van der Waals surface area (Å²) in [5.41, 5.74) is 1.04. The molecule has 0 unspecified atom stereocenters. The zero-order chi connectivity index (χ0) is 10.7. The lowest BCUT2D eigenvalue weighted by Crippen LogP contribution is -1.96. The minimum absolute atomic E-state index is 0.150. The van der Waals surface area contributed by atoms with Crippen molar-refractivity contribution in [2.24, 2.45) is 0 Å². The number of aromatic hydroxyl groups is 1. The number of aldehydes is 1. The Labute approximate surface area is 82.1 Å². The number of phenols is 1. The van der Waals surface area contributed by atoms with Gasteiger partial charge in [0.05, 0.1) is 19.8 Å². The van der Waals surface area contributed by atoms with Gasteiger partial charge in [0.15, 0.2) is 17.8 Å². The zero-order valence-corrected chi connectivity index (χ0v) is 8.33. The second-order valence-corrected chi connectivity index (χ2v) is 2.81. The molecule has 0 saturated heterocycles. The Morgan fingerprint density at radius 2 is 2.00 bits per heavy atom. The number of hydrogen-bond donors (Lipinski definition) is 1. The highest BCUT2D eigenvalue weighted by atomic mass is 16.5. The second-order valence-electron chi connectivity index (χ2n) is 2.81. The fourth-order valence-electron chi connectivity index (χ4n) is 1.27. The van der Waals surface area contributed by atoms with E-state index in [1.807, 2.05) is 0 Å². The lowest BCUT2D eigenvalue weighted by Gasteiger charge is -2.12. The number of benzene rings is 1. The summed E-state index contributed by atoms with van der Waals surface area (Å²) in [6.07, 6.45) is 0.646. The predicted molar refractivity (Wildman–Crippen MR) is 51.3 cm³/mol. The number of aryl methyl sites for hydroxylation is 1. The predicted octanol–water partition coefficient (Wildman–Crippen LogP) is 1.53. The van der Waals surface area contributed by atoms with Crippen molar-refractivity contribution >= 4 is 6.29 Å². The number of carbonyl (C=O) groups is 1. The van der Waals surface area contributed by atoms with E-state index in [1.165, 1.54) is 14.2 Å². The minimum Gasteiger partial charge on any atom is -0.502 e. The Bertz CT molecular complexity index is 358. The van der Waals surface area contributed by atoms with Crippen LogP contribution in [-0.2, 0) is 0 Å². The Hall–Kier alpha value is -1.71. The topological polar surface area (TPSA) is 55.8 Å². The van der Waals surface area contributed by atoms with E-state index in [2.05, 4.69) is 0 Å². The molecule has 1 rings (SSSR count). The van der Waals surface area contributed by atoms with E-state index in [1.54, 1.807) is 13.0 Å². The molecule has 0 heterocycles. The fourth-order valence-corrected chi connectivity index (χ4v) is 1.27. The number of methoxy groups -OCH3 is 2. The number of ether oxygens (including phenoxy) is 2. The third kappa shape index (κ3) is 1.51. The molecule has 0 aliphatic heterocycles. The Kier molecular flexibility index (Phi) is 2.96. The maximum Gasteiger partial charge on any atom is 0.201 e. The largest absolute Gasteiger partial charge is 0.502 e. The molecule has 0 aromatic heterocycles. The standard InChI is InChI=1S/C10H12O4/c1-6-4-8(13-2)9(12)10(14-3)7(6)5-11/h4-5,12H,1-3H3. The second kappa shape index (κ2) is 4.00. The van der Waals surface area contributed by atoms with Gasteiger partial charge in [-0.05, 0) is 18.6 Å². The number of hydrogen-bond acceptors (Lipinski definition) is 4. The zero-order valence-electron chi connectivity index (χ0n) is 8.33. The number of rotatable bonds is 3. The highest BCUT2D eigenvalue weighted by Gasteiger charge is 2.16. The third-order valence-corrected chi connectivity index (χ3v) is 2.01. The number of phenolic OH excluding ortho intramolecular Hbond substituents is 1. The van der Waals surface area contributed by atoms with E-state index >= 15 is 0 Å². The van der Waals surface area contributed by atoms with E-state index in [-0.39, 0.29) is 11.5 Å². The van der Waals surface area contributed by atoms with Crippen molar-refractivity contribution in [3.63, 3.8) is 0 Å². The summed E-state index contributed by atoms with van der Waals surface area (Å²) in [6, 6.07) is 1.58. The monoisotopic (exact) mass is 196 g/mol. The molecular formula is C10H12O4. The van der Waals surface area contributed by atoms with Gasteiger partial charge >= 0.3 is 0 Å². The number of carbonyl (C=O) groups excluding carboxylic acids is 1. The molecule has 0 fully saturated rings. The summed E-state index contributed by atoms with van der Waals surface area (Å²) in [7, 11) is 2.83. The van der Waals surface area contributed by atoms with E-state index in [0.29, 0.717) is 23.2 Å². The SMILES string of the molecule is COc1cc(C)c(C=O)c(OC)c1O. The lowest BCUT2D eigenvalue weighted by atomic mass is 10.1. The van der Waals surface area contributed by atoms with Crippen molar-refractivity contribution in [3.05, 3.63) is 17.2 Å². The van der Waals surface area contributed by atoms with Crippen molar-refractivity contribution in [2.45, 2.75) is 6.92 Å². The molecule has 0 spiro atoms. The van der Waals surface area contributed by atoms with Crippen LogP contribution in [-0.4, -0.2) is 25.6 Å². The van der Waals surface area contributed by atoms with Crippen LogP contribution in [0.5, 0.6) is 17.2 Å². The smallest absolute Gasteiger partial charge is 0.201 e. The summed E-state index contributed by atoms with van der Waals surface area (Å²) < 4.78 is 9.85. The van der Waals surface area contributed by atoms with Crippen LogP contribution in [0, 0.1) is 6.92 Å². The summed E-state index contributed by atoms with van der Waals surface area (Å²) in [5.74, 6) is 0.296. The fraction of sp³-hybridized carbons (Fsp3) is 0.300. The van der Waals surface area contributed by atoms with Gasteiger partial charge in [0, 0.05) is 0 Å². The van der Waals surface area contributed by atoms with Gasteiger partial charge in [0.1, 0.15) is 0 Å². The molecule has 1 N–H and O–H groups in total. The van der Waals surface area contributed by atoms with Crippen LogP contribution in [0.25, 0.3) is 0 Å². The first-order chi connectivity index (χ1) is 6.65. The van der Waals surface area contributed by atoms with Crippen LogP contribution < -0.4 is 9.47 Å². The molecule has 0 radical (unpaired) electrons. The van der Waals surface area contributed by atoms with Crippen LogP contribution in [0.1, 0.15) is 15.9 Å². The first-order valence-corrected chi connectivity index (χ1v) is 4.05. The molecule has 0 saturated carbocycles. The highest BCUT2D eigenvalue weighted by Crippen LogP contribution is 2.39. The normalized spacial score (nSPS) is 9.64. The van der Waals surface area contributed by atoms with Gasteiger partial charge in [0.2, 0.25) is 5.75 Å². The van der Waals surface area contributed by atoms with Crippen LogP contribution in [0.2, 0.25) is 0 Å². The third-order valence-electron chi connectivity index (χ3n) is 2.01. The van der Waals surface area contributed by atoms with Crippen LogP contribution in [0.4, 0.5) is 0 Å². The van der Waals surface area contributed by atoms with Gasteiger partial charge in [-0.2, -0.15) is 0 Å². The first-order valence-electron chi connectivity index (χ1n) is 4.05. The maximum atomic E-state index is 10.7. The molecule has 0 aliphatic carbocycles. The van der Waals surface area contributed by atoms with Crippen molar-refractivity contribution in [1.82, 2.24) is 0 Å². The molecule has 0 aliphatic rings.